The predicted octanol–water partition coefficient (Wildman–Crippen LogP) is 11.4. The van der Waals surface area contributed by atoms with Crippen LogP contribution in [0.1, 0.15) is 63.8 Å². The van der Waals surface area contributed by atoms with Gasteiger partial charge in [-0.15, -0.1) is 0 Å². The van der Waals surface area contributed by atoms with Gasteiger partial charge in [0.05, 0.1) is 37.5 Å². The number of aliphatic hydroxyl groups is 1. The highest BCUT2D eigenvalue weighted by Gasteiger charge is 2.36. The van der Waals surface area contributed by atoms with Crippen LogP contribution in [-0.2, 0) is 19.2 Å². The van der Waals surface area contributed by atoms with Gasteiger partial charge in [0.15, 0.2) is 16.6 Å². The number of aldehydes is 2. The maximum Gasteiger partial charge on any atom is 0.271 e. The van der Waals surface area contributed by atoms with Crippen molar-refractivity contribution >= 4 is 105 Å². The Hall–Kier alpha value is -5.44. The third-order valence-electron chi connectivity index (χ3n) is 8.69. The Labute approximate surface area is 388 Å². The molecule has 0 aliphatic carbocycles. The second-order valence-electron chi connectivity index (χ2n) is 13.4. The van der Waals surface area contributed by atoms with Crippen molar-refractivity contribution < 1.29 is 33.8 Å². The van der Waals surface area contributed by atoms with Crippen LogP contribution in [0.4, 0.5) is 11.4 Å². The van der Waals surface area contributed by atoms with Crippen LogP contribution in [0.15, 0.2) is 117 Å². The number of amidine groups is 2. The summed E-state index contributed by atoms with van der Waals surface area (Å²) >= 11 is 15.2. The summed E-state index contributed by atoms with van der Waals surface area (Å²) < 4.78 is 10.7. The number of carbonyl (C=O) groups is 4. The summed E-state index contributed by atoms with van der Waals surface area (Å²) in [6, 6.07) is 25.8. The number of hydrogen-bond donors (Lipinski definition) is 1. The van der Waals surface area contributed by atoms with Crippen molar-refractivity contribution in [3.63, 3.8) is 0 Å². The van der Waals surface area contributed by atoms with Crippen LogP contribution in [0.3, 0.4) is 0 Å². The Balaban J connectivity index is 0.000000325. The van der Waals surface area contributed by atoms with Gasteiger partial charge in [-0.25, -0.2) is 0 Å². The van der Waals surface area contributed by atoms with E-state index in [2.05, 4.69) is 16.9 Å². The fraction of sp³-hybridized carbons (Fsp3) is 0.250. The van der Waals surface area contributed by atoms with Crippen LogP contribution in [0.5, 0.6) is 11.5 Å². The van der Waals surface area contributed by atoms with Crippen LogP contribution in [0.25, 0.3) is 12.2 Å². The van der Waals surface area contributed by atoms with Crippen LogP contribution < -0.4 is 19.3 Å². The molecule has 11 nitrogen and oxygen atoms in total. The number of halogens is 2. The van der Waals surface area contributed by atoms with Crippen molar-refractivity contribution in [3.8, 4) is 11.5 Å². The van der Waals surface area contributed by atoms with Gasteiger partial charge in [0.25, 0.3) is 11.8 Å². The van der Waals surface area contributed by atoms with Gasteiger partial charge in [0.1, 0.15) is 30.5 Å². The summed E-state index contributed by atoms with van der Waals surface area (Å²) in [4.78, 5) is 61.0. The number of nitrogens with zero attached hydrogens (tertiary/aromatic N) is 4. The molecule has 2 aliphatic heterocycles. The lowest BCUT2D eigenvalue weighted by atomic mass is 10.1. The van der Waals surface area contributed by atoms with Gasteiger partial charge in [0.2, 0.25) is 0 Å². The summed E-state index contributed by atoms with van der Waals surface area (Å²) in [5, 5.41) is 11.3. The Morgan fingerprint density at radius 3 is 1.59 bits per heavy atom. The molecule has 2 amide bonds. The van der Waals surface area contributed by atoms with Gasteiger partial charge in [-0.1, -0.05) is 100 Å². The molecule has 0 spiro atoms. The number of hydrogen-bond acceptors (Lipinski definition) is 11. The molecule has 0 radical (unpaired) electrons. The highest BCUT2D eigenvalue weighted by atomic mass is 35.5. The van der Waals surface area contributed by atoms with Crippen LogP contribution in [0, 0.1) is 13.8 Å². The minimum atomic E-state index is -1.21. The van der Waals surface area contributed by atoms with Gasteiger partial charge < -0.3 is 19.4 Å². The van der Waals surface area contributed by atoms with E-state index in [9.17, 15) is 24.3 Å². The number of anilines is 2. The second kappa shape index (κ2) is 25.6. The number of para-hydroxylation sites is 2. The summed E-state index contributed by atoms with van der Waals surface area (Å²) in [5.41, 5.74) is 5.13. The topological polar surface area (TPSA) is 138 Å². The Morgan fingerprint density at radius 1 is 0.714 bits per heavy atom. The first-order valence-corrected chi connectivity index (χ1v) is 21.7. The molecule has 15 heteroatoms. The Morgan fingerprint density at radius 2 is 1.17 bits per heavy atom. The molecule has 0 aromatic heterocycles. The molecule has 332 valence electrons. The first-order chi connectivity index (χ1) is 29.5. The smallest absolute Gasteiger partial charge is 0.271 e. The van der Waals surface area contributed by atoms with Crippen molar-refractivity contribution in [2.45, 2.75) is 61.5 Å². The van der Waals surface area contributed by atoms with Crippen LogP contribution in [-0.4, -0.2) is 65.6 Å². The monoisotopic (exact) mass is 930 g/mol. The highest BCUT2D eigenvalue weighted by molar-refractivity contribution is 8.19. The minimum Gasteiger partial charge on any atom is -0.489 e. The molecule has 2 heterocycles. The molecule has 0 unspecified atom stereocenters. The maximum absolute atomic E-state index is 13.2. The van der Waals surface area contributed by atoms with Gasteiger partial charge >= 0.3 is 0 Å². The van der Waals surface area contributed by atoms with Crippen molar-refractivity contribution in [1.29, 1.82) is 0 Å². The molecule has 2 fully saturated rings. The molecule has 63 heavy (non-hydrogen) atoms. The van der Waals surface area contributed by atoms with E-state index in [4.69, 9.17) is 32.7 Å². The molecule has 4 aromatic carbocycles. The molecular formula is C48H52Cl2N4O7S2. The molecule has 1 atom stereocenters. The van der Waals surface area contributed by atoms with Gasteiger partial charge in [-0.3, -0.25) is 34.2 Å². The molecule has 1 N–H and O–H groups in total. The Bertz CT molecular complexity index is 2420. The average Bonchev–Trinajstić information content (AvgIpc) is 3.73. The number of aliphatic hydroxyl groups excluding tert-OH is 1. The number of carbonyl (C=O) groups excluding carboxylic acids is 4. The van der Waals surface area contributed by atoms with E-state index in [1.165, 1.54) is 35.9 Å². The number of allylic oxidation sites excluding steroid dienone is 1. The number of aliphatic imine (C=N–C) groups is 2. The zero-order valence-electron chi connectivity index (χ0n) is 33.9. The first-order valence-electron chi connectivity index (χ1n) is 19.3. The number of rotatable bonds is 15. The lowest BCUT2D eigenvalue weighted by Crippen LogP contribution is -2.29. The average molecular weight is 932 g/mol. The highest BCUT2D eigenvalue weighted by Crippen LogP contribution is 2.39. The van der Waals surface area contributed by atoms with E-state index in [0.29, 0.717) is 67.4 Å². The summed E-state index contributed by atoms with van der Waals surface area (Å²) in [6.07, 6.45) is 7.64. The lowest BCUT2D eigenvalue weighted by molar-refractivity contribution is -0.116. The summed E-state index contributed by atoms with van der Waals surface area (Å²) in [7, 11) is 0. The molecule has 0 saturated carbocycles. The summed E-state index contributed by atoms with van der Waals surface area (Å²) in [5.74, 6) is 0.519. The van der Waals surface area contributed by atoms with E-state index in [1.54, 1.807) is 58.4 Å². The third kappa shape index (κ3) is 13.8. The minimum absolute atomic E-state index is 0. The number of aryl methyl sites for hydroxylation is 2. The molecule has 2 saturated heterocycles. The normalized spacial score (nSPS) is 16.6. The molecule has 6 rings (SSSR count). The first kappa shape index (κ1) is 51.9. The molecular weight excluding hydrogens is 880 g/mol. The largest absolute Gasteiger partial charge is 0.489 e. The third-order valence-corrected chi connectivity index (χ3v) is 11.3. The molecule has 0 bridgehead atoms. The Kier molecular flexibility index (Phi) is 21.1. The van der Waals surface area contributed by atoms with Crippen LogP contribution >= 0.6 is 46.7 Å². The zero-order valence-corrected chi connectivity index (χ0v) is 37.1. The number of benzene rings is 4. The standard InChI is InChI=1S/C23H23ClN2O4S.C23H21ClN2O3S.2CH4/c1-3-10-25-23-26(19-7-5-4-6-15(19)2)22(29)21(31-23)12-16-8-9-20(18(24)11-16)30-14-17(28)13-27;1-3-11-25-23-26(19-8-5-4-7-16(19)2)22(28)21(30-23)15-17-9-10-20(18(24)14-17)29-13-6-12-27;;/h4-9,11-13,17,28H,3,10,14H2,1-2H3;4-10,12-15H,3,11H2,1-2H3;2*1H4/b21-12-,25-23?;13-6+,21-15-,25-23?;;/t17-;;;/m1.../s1. The number of ether oxygens (including phenoxy) is 2. The quantitative estimate of drug-likeness (QED) is 0.0701. The lowest BCUT2D eigenvalue weighted by Gasteiger charge is -2.18. The van der Waals surface area contributed by atoms with Crippen LogP contribution in [0.2, 0.25) is 10.0 Å². The molecule has 2 aliphatic rings. The molecule has 4 aromatic rings. The zero-order chi connectivity index (χ0) is 43.9. The van der Waals surface area contributed by atoms with E-state index in [1.807, 2.05) is 69.3 Å². The van der Waals surface area contributed by atoms with Gasteiger partial charge in [0, 0.05) is 19.2 Å². The van der Waals surface area contributed by atoms with Crippen molar-refractivity contribution in [1.82, 2.24) is 0 Å². The van der Waals surface area contributed by atoms with E-state index >= 15 is 0 Å². The van der Waals surface area contributed by atoms with Crippen molar-refractivity contribution in [2.24, 2.45) is 9.98 Å². The van der Waals surface area contributed by atoms with Gasteiger partial charge in [-0.05, 0) is 121 Å². The van der Waals surface area contributed by atoms with Crippen molar-refractivity contribution in [3.05, 3.63) is 139 Å². The van der Waals surface area contributed by atoms with E-state index in [0.717, 1.165) is 46.5 Å². The van der Waals surface area contributed by atoms with Gasteiger partial charge in [-0.2, -0.15) is 0 Å². The fourth-order valence-electron chi connectivity index (χ4n) is 5.71. The van der Waals surface area contributed by atoms with E-state index < -0.39 is 6.10 Å². The predicted molar refractivity (Wildman–Crippen MR) is 263 cm³/mol. The van der Waals surface area contributed by atoms with E-state index in [-0.39, 0.29) is 33.3 Å². The SMILES string of the molecule is C.C.CCCN=C1S/C(=C\c2ccc(O/C=C/C=O)c(Cl)c2)C(=O)N1c1ccccc1C.CCCN=C1S/C(=C\c2ccc(OC[C@H](O)C=O)c(Cl)c2)C(=O)N1c1ccccc1C. The number of thioether (sulfide) groups is 2. The summed E-state index contributed by atoms with van der Waals surface area (Å²) in [6.45, 7) is 9.14. The second-order valence-corrected chi connectivity index (χ2v) is 16.2. The maximum atomic E-state index is 13.2. The fourth-order valence-corrected chi connectivity index (χ4v) is 8.19. The van der Waals surface area contributed by atoms with Crippen molar-refractivity contribution in [2.75, 3.05) is 29.5 Å². The number of amides is 2.